The van der Waals surface area contributed by atoms with Crippen LogP contribution in [0.5, 0.6) is 0 Å². The van der Waals surface area contributed by atoms with Gasteiger partial charge in [-0.25, -0.2) is 14.8 Å². The molecule has 3 amide bonds. The molecule has 1 aliphatic heterocycles. The van der Waals surface area contributed by atoms with Gasteiger partial charge in [0.2, 0.25) is 11.8 Å². The number of hydrogen-bond acceptors (Lipinski definition) is 7. The molecule has 5 N–H and O–H groups in total. The lowest BCUT2D eigenvalue weighted by molar-refractivity contribution is -0.135. The molecule has 7 rings (SSSR count). The van der Waals surface area contributed by atoms with Gasteiger partial charge in [-0.15, -0.1) is 0 Å². The number of hydrogen-bond donors (Lipinski definition) is 5. The molecule has 1 saturated heterocycles. The molecule has 0 spiro atoms. The van der Waals surface area contributed by atoms with Gasteiger partial charge in [-0.05, 0) is 97.7 Å². The van der Waals surface area contributed by atoms with Crippen molar-refractivity contribution in [3.05, 3.63) is 72.4 Å². The number of carbonyl (C=O) groups is 3. The van der Waals surface area contributed by atoms with E-state index in [4.69, 9.17) is 9.72 Å². The molecule has 3 heterocycles. The van der Waals surface area contributed by atoms with Crippen LogP contribution in [0.25, 0.3) is 44.2 Å². The Morgan fingerprint density at radius 1 is 0.960 bits per heavy atom. The third-order valence-electron chi connectivity index (χ3n) is 9.78. The molecule has 2 atom stereocenters. The first-order valence-electron chi connectivity index (χ1n) is 17.5. The van der Waals surface area contributed by atoms with Gasteiger partial charge in [-0.2, -0.15) is 0 Å². The molecule has 0 radical (unpaired) electrons. The lowest BCUT2D eigenvalue weighted by Gasteiger charge is -2.28. The van der Waals surface area contributed by atoms with Gasteiger partial charge in [0.25, 0.3) is 0 Å². The van der Waals surface area contributed by atoms with E-state index >= 15 is 0 Å². The Bertz CT molecular complexity index is 2010. The fraction of sp³-hybridized carbons (Fsp3) is 0.395. The van der Waals surface area contributed by atoms with Crippen molar-refractivity contribution in [2.24, 2.45) is 5.92 Å². The fourth-order valence-corrected chi connectivity index (χ4v) is 6.95. The van der Waals surface area contributed by atoms with Crippen molar-refractivity contribution in [1.82, 2.24) is 40.8 Å². The molecular formula is C38H44N8O4. The Kier molecular flexibility index (Phi) is 9.79. The lowest BCUT2D eigenvalue weighted by atomic mass is 9.99. The van der Waals surface area contributed by atoms with Gasteiger partial charge in [-0.1, -0.05) is 30.3 Å². The molecule has 0 bridgehead atoms. The number of unbranched alkanes of at least 4 members (excludes halogenated alkanes) is 1. The Labute approximate surface area is 290 Å². The molecule has 1 aliphatic carbocycles. The van der Waals surface area contributed by atoms with E-state index in [1.807, 2.05) is 17.2 Å². The molecule has 2 aliphatic rings. The minimum Gasteiger partial charge on any atom is -0.453 e. The van der Waals surface area contributed by atoms with Crippen LogP contribution in [-0.4, -0.2) is 82.6 Å². The monoisotopic (exact) mass is 676 g/mol. The maximum Gasteiger partial charge on any atom is 0.407 e. The summed E-state index contributed by atoms with van der Waals surface area (Å²) in [7, 11) is 3.08. The maximum absolute atomic E-state index is 13.6. The predicted octanol–water partition coefficient (Wildman–Crippen LogP) is 5.23. The number of likely N-dealkylation sites (N-methyl/N-ethyl adjacent to an activating group) is 1. The molecule has 12 nitrogen and oxygen atoms in total. The highest BCUT2D eigenvalue weighted by molar-refractivity contribution is 5.92. The Morgan fingerprint density at radius 3 is 2.50 bits per heavy atom. The Hall–Kier alpha value is -5.23. The second kappa shape index (κ2) is 14.7. The Morgan fingerprint density at radius 2 is 1.72 bits per heavy atom. The number of H-pyrrole nitrogens is 2. The number of carbonyl (C=O) groups excluding carboxylic acids is 3. The number of methoxy groups -OCH3 is 1. The van der Waals surface area contributed by atoms with Crippen LogP contribution in [0.1, 0.15) is 56.2 Å². The number of aromatic amines is 2. The zero-order valence-electron chi connectivity index (χ0n) is 28.6. The maximum atomic E-state index is 13.6. The number of alkyl carbamates (subject to hydrolysis) is 1. The number of fused-ring (bicyclic) bond motifs is 2. The highest BCUT2D eigenvalue weighted by Crippen LogP contribution is 2.38. The predicted molar refractivity (Wildman–Crippen MR) is 192 cm³/mol. The first-order valence-corrected chi connectivity index (χ1v) is 17.5. The van der Waals surface area contributed by atoms with Gasteiger partial charge in [-0.3, -0.25) is 9.59 Å². The first-order chi connectivity index (χ1) is 24.4. The second-order valence-corrected chi connectivity index (χ2v) is 13.4. The van der Waals surface area contributed by atoms with Gasteiger partial charge < -0.3 is 35.6 Å². The summed E-state index contributed by atoms with van der Waals surface area (Å²) < 4.78 is 4.79. The number of nitrogens with one attached hydrogen (secondary N) is 5. The largest absolute Gasteiger partial charge is 0.453 e. The van der Waals surface area contributed by atoms with Crippen molar-refractivity contribution < 1.29 is 19.1 Å². The number of ether oxygens (including phenoxy) is 1. The lowest BCUT2D eigenvalue weighted by Crippen LogP contribution is -2.49. The number of aryl methyl sites for hydroxylation is 1. The van der Waals surface area contributed by atoms with E-state index in [1.54, 1.807) is 7.05 Å². The van der Waals surface area contributed by atoms with Crippen molar-refractivity contribution in [3.8, 4) is 22.4 Å². The van der Waals surface area contributed by atoms with Crippen LogP contribution in [0.15, 0.2) is 60.8 Å². The smallest absolute Gasteiger partial charge is 0.407 e. The number of likely N-dealkylation sites (tertiary alicyclic amines) is 1. The zero-order chi connectivity index (χ0) is 34.6. The SMILES string of the molecule is CNCC(=O)NCCCCc1ncc(-c2ccc3cc(-c4ccc5nc(C6CCCN6C(=O)C(NC(=O)OC)C6CC6)[nH]c5c4)ccc3c2)[nH]1. The summed E-state index contributed by atoms with van der Waals surface area (Å²) in [5, 5.41) is 10.8. The molecule has 2 unspecified atom stereocenters. The third kappa shape index (κ3) is 7.35. The van der Waals surface area contributed by atoms with E-state index in [9.17, 15) is 14.4 Å². The summed E-state index contributed by atoms with van der Waals surface area (Å²) in [6.07, 6.45) is 7.53. The molecule has 3 aromatic carbocycles. The molecule has 260 valence electrons. The van der Waals surface area contributed by atoms with Crippen LogP contribution in [-0.2, 0) is 20.7 Å². The number of nitrogens with zero attached hydrogens (tertiary/aromatic N) is 3. The number of aromatic nitrogens is 4. The van der Waals surface area contributed by atoms with E-state index < -0.39 is 12.1 Å². The van der Waals surface area contributed by atoms with Crippen LogP contribution in [0.4, 0.5) is 4.79 Å². The van der Waals surface area contributed by atoms with Crippen LogP contribution >= 0.6 is 0 Å². The molecule has 5 aromatic rings. The Balaban J connectivity index is 1.02. The van der Waals surface area contributed by atoms with Crippen LogP contribution in [0.2, 0.25) is 0 Å². The molecule has 1 saturated carbocycles. The molecule has 2 fully saturated rings. The van der Waals surface area contributed by atoms with E-state index in [1.165, 1.54) is 7.11 Å². The summed E-state index contributed by atoms with van der Waals surface area (Å²) in [5.74, 6) is 1.83. The number of amides is 3. The highest BCUT2D eigenvalue weighted by Gasteiger charge is 2.43. The summed E-state index contributed by atoms with van der Waals surface area (Å²) in [6, 6.07) is 18.4. The van der Waals surface area contributed by atoms with E-state index in [2.05, 4.69) is 79.4 Å². The first kappa shape index (κ1) is 33.3. The minimum atomic E-state index is -0.573. The quantitative estimate of drug-likeness (QED) is 0.107. The highest BCUT2D eigenvalue weighted by atomic mass is 16.5. The van der Waals surface area contributed by atoms with Crippen LogP contribution in [0, 0.1) is 5.92 Å². The standard InChI is InChI=1S/C38H44N8O4/c1-39-22-34(47)40-16-4-3-7-33-41-21-31(42-33)28-13-12-24-18-25(10-11-26(24)19-28)27-14-15-29-30(20-27)44-36(43-29)32-6-5-17-46(32)37(48)35(23-8-9-23)45-38(49)50-2/h10-15,18-21,23,32,35,39H,3-9,16-17,22H2,1-2H3,(H,40,47)(H,41,42)(H,43,44)(H,45,49). The topological polar surface area (TPSA) is 157 Å². The molecular weight excluding hydrogens is 632 g/mol. The molecule has 2 aromatic heterocycles. The van der Waals surface area contributed by atoms with E-state index in [0.717, 1.165) is 101 Å². The van der Waals surface area contributed by atoms with E-state index in [-0.39, 0.29) is 23.8 Å². The summed E-state index contributed by atoms with van der Waals surface area (Å²) in [6.45, 7) is 1.64. The average molecular weight is 677 g/mol. The fourth-order valence-electron chi connectivity index (χ4n) is 6.95. The van der Waals surface area contributed by atoms with Crippen molar-refractivity contribution in [2.45, 2.75) is 57.0 Å². The van der Waals surface area contributed by atoms with Gasteiger partial charge in [0, 0.05) is 25.1 Å². The molecule has 12 heteroatoms. The second-order valence-electron chi connectivity index (χ2n) is 13.4. The van der Waals surface area contributed by atoms with Crippen molar-refractivity contribution in [1.29, 1.82) is 0 Å². The summed E-state index contributed by atoms with van der Waals surface area (Å²) in [4.78, 5) is 55.5. The summed E-state index contributed by atoms with van der Waals surface area (Å²) >= 11 is 0. The normalized spacial score (nSPS) is 16.5. The third-order valence-corrected chi connectivity index (χ3v) is 9.78. The zero-order valence-corrected chi connectivity index (χ0v) is 28.6. The van der Waals surface area contributed by atoms with Crippen molar-refractivity contribution in [2.75, 3.05) is 33.8 Å². The van der Waals surface area contributed by atoms with Crippen LogP contribution in [0.3, 0.4) is 0 Å². The number of rotatable bonds is 13. The minimum absolute atomic E-state index is 0.0151. The van der Waals surface area contributed by atoms with Gasteiger partial charge in [0.1, 0.15) is 17.7 Å². The van der Waals surface area contributed by atoms with Gasteiger partial charge >= 0.3 is 6.09 Å². The average Bonchev–Trinajstić information content (AvgIpc) is 3.47. The van der Waals surface area contributed by atoms with Gasteiger partial charge in [0.15, 0.2) is 0 Å². The van der Waals surface area contributed by atoms with Crippen LogP contribution < -0.4 is 16.0 Å². The van der Waals surface area contributed by atoms with Crippen molar-refractivity contribution >= 4 is 39.7 Å². The number of imidazole rings is 2. The number of benzene rings is 3. The summed E-state index contributed by atoms with van der Waals surface area (Å²) in [5.41, 5.74) is 6.03. The molecule has 50 heavy (non-hydrogen) atoms. The van der Waals surface area contributed by atoms with Crippen molar-refractivity contribution in [3.63, 3.8) is 0 Å². The van der Waals surface area contributed by atoms with Gasteiger partial charge in [0.05, 0.1) is 42.6 Å². The van der Waals surface area contributed by atoms with E-state index in [0.29, 0.717) is 19.6 Å².